The van der Waals surface area contributed by atoms with Crippen LogP contribution in [-0.2, 0) is 12.3 Å². The van der Waals surface area contributed by atoms with Gasteiger partial charge in [0, 0.05) is 16.8 Å². The standard InChI is InChI=1S/C21H17Cl2N3OS2/c1-12-13(2)29-19-18(12)20(27)26(10-15-5-3-4-8-24-15)21(25-19)28-11-14-6-7-16(22)17(23)9-14/h3-9H,10-11H2,1-2H3. The van der Waals surface area contributed by atoms with Gasteiger partial charge in [-0.3, -0.25) is 14.3 Å². The van der Waals surface area contributed by atoms with Crippen LogP contribution in [0.3, 0.4) is 0 Å². The van der Waals surface area contributed by atoms with Gasteiger partial charge < -0.3 is 0 Å². The van der Waals surface area contributed by atoms with E-state index in [0.717, 1.165) is 26.5 Å². The zero-order chi connectivity index (χ0) is 20.5. The molecule has 0 fully saturated rings. The Labute approximate surface area is 186 Å². The highest BCUT2D eigenvalue weighted by Gasteiger charge is 2.17. The molecule has 3 aromatic heterocycles. The Morgan fingerprint density at radius 2 is 1.97 bits per heavy atom. The molecule has 29 heavy (non-hydrogen) atoms. The van der Waals surface area contributed by atoms with Gasteiger partial charge >= 0.3 is 0 Å². The fourth-order valence-electron chi connectivity index (χ4n) is 2.99. The van der Waals surface area contributed by atoms with E-state index in [1.807, 2.05) is 44.2 Å². The molecule has 0 atom stereocenters. The monoisotopic (exact) mass is 461 g/mol. The molecule has 0 radical (unpaired) electrons. The quantitative estimate of drug-likeness (QED) is 0.265. The molecule has 0 saturated carbocycles. The maximum Gasteiger partial charge on any atom is 0.263 e. The lowest BCUT2D eigenvalue weighted by Gasteiger charge is -2.12. The summed E-state index contributed by atoms with van der Waals surface area (Å²) in [6.07, 6.45) is 1.73. The van der Waals surface area contributed by atoms with Gasteiger partial charge in [-0.25, -0.2) is 4.98 Å². The van der Waals surface area contributed by atoms with E-state index in [2.05, 4.69) is 4.98 Å². The van der Waals surface area contributed by atoms with Crippen molar-refractivity contribution in [3.63, 3.8) is 0 Å². The first-order valence-electron chi connectivity index (χ1n) is 8.91. The largest absolute Gasteiger partial charge is 0.281 e. The molecule has 0 aliphatic carbocycles. The van der Waals surface area contributed by atoms with E-state index in [0.29, 0.717) is 32.9 Å². The molecule has 148 valence electrons. The van der Waals surface area contributed by atoms with Crippen molar-refractivity contribution >= 4 is 56.5 Å². The molecule has 8 heteroatoms. The molecule has 0 aliphatic rings. The third-order valence-corrected chi connectivity index (χ3v) is 7.54. The van der Waals surface area contributed by atoms with E-state index in [-0.39, 0.29) is 5.56 Å². The molecule has 0 aliphatic heterocycles. The van der Waals surface area contributed by atoms with Crippen LogP contribution in [0, 0.1) is 13.8 Å². The van der Waals surface area contributed by atoms with Crippen LogP contribution in [0.25, 0.3) is 10.2 Å². The van der Waals surface area contributed by atoms with E-state index in [1.165, 1.54) is 11.8 Å². The van der Waals surface area contributed by atoms with Crippen molar-refractivity contribution in [3.05, 3.63) is 84.7 Å². The maximum absolute atomic E-state index is 13.3. The summed E-state index contributed by atoms with van der Waals surface area (Å²) in [5.41, 5.74) is 2.80. The van der Waals surface area contributed by atoms with Crippen molar-refractivity contribution in [3.8, 4) is 0 Å². The Morgan fingerprint density at radius 3 is 2.69 bits per heavy atom. The normalized spacial score (nSPS) is 11.3. The third-order valence-electron chi connectivity index (χ3n) is 4.65. The molecule has 0 saturated heterocycles. The van der Waals surface area contributed by atoms with E-state index in [1.54, 1.807) is 28.2 Å². The highest BCUT2D eigenvalue weighted by molar-refractivity contribution is 7.98. The van der Waals surface area contributed by atoms with Gasteiger partial charge in [-0.15, -0.1) is 11.3 Å². The second kappa shape index (κ2) is 8.48. The topological polar surface area (TPSA) is 47.8 Å². The lowest BCUT2D eigenvalue weighted by molar-refractivity contribution is 0.647. The fraction of sp³-hybridized carbons (Fsp3) is 0.190. The molecule has 0 unspecified atom stereocenters. The van der Waals surface area contributed by atoms with Crippen LogP contribution in [0.2, 0.25) is 10.0 Å². The first-order valence-corrected chi connectivity index (χ1v) is 11.5. The van der Waals surface area contributed by atoms with Gasteiger partial charge in [-0.1, -0.05) is 47.1 Å². The van der Waals surface area contributed by atoms with Crippen LogP contribution in [-0.4, -0.2) is 14.5 Å². The highest BCUT2D eigenvalue weighted by atomic mass is 35.5. The van der Waals surface area contributed by atoms with Gasteiger partial charge in [-0.2, -0.15) is 0 Å². The van der Waals surface area contributed by atoms with Gasteiger partial charge in [0.05, 0.1) is 27.7 Å². The van der Waals surface area contributed by atoms with Gasteiger partial charge in [0.2, 0.25) is 0 Å². The lowest BCUT2D eigenvalue weighted by Crippen LogP contribution is -2.24. The Bertz CT molecular complexity index is 1250. The summed E-state index contributed by atoms with van der Waals surface area (Å²) in [7, 11) is 0. The maximum atomic E-state index is 13.3. The minimum atomic E-state index is -0.0286. The number of thiophene rings is 1. The summed E-state index contributed by atoms with van der Waals surface area (Å²) in [6.45, 7) is 4.37. The number of halogens is 2. The summed E-state index contributed by atoms with van der Waals surface area (Å²) >= 11 is 15.2. The first kappa shape index (κ1) is 20.4. The van der Waals surface area contributed by atoms with Crippen LogP contribution in [0.15, 0.2) is 52.5 Å². The number of aryl methyl sites for hydroxylation is 2. The predicted octanol–water partition coefficient (Wildman–Crippen LogP) is 6.12. The zero-order valence-corrected chi connectivity index (χ0v) is 18.9. The van der Waals surface area contributed by atoms with Gasteiger partial charge in [-0.05, 0) is 49.2 Å². The van der Waals surface area contributed by atoms with Crippen molar-refractivity contribution < 1.29 is 0 Å². The fourth-order valence-corrected chi connectivity index (χ4v) is 5.32. The molecule has 4 rings (SSSR count). The summed E-state index contributed by atoms with van der Waals surface area (Å²) in [4.78, 5) is 24.4. The van der Waals surface area contributed by atoms with Crippen molar-refractivity contribution in [2.24, 2.45) is 0 Å². The highest BCUT2D eigenvalue weighted by Crippen LogP contribution is 2.31. The molecule has 4 nitrogen and oxygen atoms in total. The van der Waals surface area contributed by atoms with Crippen molar-refractivity contribution in [2.75, 3.05) is 0 Å². The van der Waals surface area contributed by atoms with Crippen LogP contribution in [0.1, 0.15) is 21.7 Å². The molecule has 3 heterocycles. The second-order valence-corrected chi connectivity index (χ2v) is 9.57. The molecule has 0 bridgehead atoms. The van der Waals surface area contributed by atoms with Gasteiger partial charge in [0.25, 0.3) is 5.56 Å². The molecular formula is C21H17Cl2N3OS2. The number of rotatable bonds is 5. The summed E-state index contributed by atoms with van der Waals surface area (Å²) in [5.74, 6) is 0.625. The van der Waals surface area contributed by atoms with E-state index < -0.39 is 0 Å². The van der Waals surface area contributed by atoms with Crippen LogP contribution in [0.4, 0.5) is 0 Å². The van der Waals surface area contributed by atoms with Crippen molar-refractivity contribution in [2.45, 2.75) is 31.3 Å². The number of nitrogens with zero attached hydrogens (tertiary/aromatic N) is 3. The first-order chi connectivity index (χ1) is 13.9. The molecule has 0 amide bonds. The van der Waals surface area contributed by atoms with Crippen LogP contribution >= 0.6 is 46.3 Å². The number of pyridine rings is 1. The summed E-state index contributed by atoms with van der Waals surface area (Å²) in [5, 5.41) is 2.41. The third kappa shape index (κ3) is 4.21. The second-order valence-electron chi connectivity index (χ2n) is 6.61. The Kier molecular flexibility index (Phi) is 5.97. The number of thioether (sulfide) groups is 1. The number of hydrogen-bond acceptors (Lipinski definition) is 5. The smallest absolute Gasteiger partial charge is 0.263 e. The minimum absolute atomic E-state index is 0.0286. The van der Waals surface area contributed by atoms with Gasteiger partial charge in [0.15, 0.2) is 5.16 Å². The molecular weight excluding hydrogens is 445 g/mol. The Balaban J connectivity index is 1.77. The Hall–Kier alpha value is -1.86. The van der Waals surface area contributed by atoms with E-state index in [4.69, 9.17) is 28.2 Å². The minimum Gasteiger partial charge on any atom is -0.281 e. The van der Waals surface area contributed by atoms with Crippen LogP contribution in [0.5, 0.6) is 0 Å². The summed E-state index contributed by atoms with van der Waals surface area (Å²) in [6, 6.07) is 11.2. The SMILES string of the molecule is Cc1sc2nc(SCc3ccc(Cl)c(Cl)c3)n(Cc3ccccn3)c(=O)c2c1C. The van der Waals surface area contributed by atoms with Crippen molar-refractivity contribution in [1.29, 1.82) is 0 Å². The summed E-state index contributed by atoms with van der Waals surface area (Å²) < 4.78 is 1.71. The average Bonchev–Trinajstić information content (AvgIpc) is 3.00. The molecule has 0 spiro atoms. The van der Waals surface area contributed by atoms with Crippen LogP contribution < -0.4 is 5.56 Å². The molecule has 1 aromatic carbocycles. The molecule has 4 aromatic rings. The zero-order valence-electron chi connectivity index (χ0n) is 15.8. The van der Waals surface area contributed by atoms with Crippen molar-refractivity contribution in [1.82, 2.24) is 14.5 Å². The number of fused-ring (bicyclic) bond motifs is 1. The van der Waals surface area contributed by atoms with Gasteiger partial charge in [0.1, 0.15) is 4.83 Å². The van der Waals surface area contributed by atoms with E-state index >= 15 is 0 Å². The average molecular weight is 462 g/mol. The predicted molar refractivity (Wildman–Crippen MR) is 123 cm³/mol. The lowest BCUT2D eigenvalue weighted by atomic mass is 10.2. The number of benzene rings is 1. The molecule has 0 N–H and O–H groups in total. The number of hydrogen-bond donors (Lipinski definition) is 0. The Morgan fingerprint density at radius 1 is 1.14 bits per heavy atom. The van der Waals surface area contributed by atoms with E-state index in [9.17, 15) is 4.79 Å². The number of aromatic nitrogens is 3.